The fourth-order valence-corrected chi connectivity index (χ4v) is 4.94. The number of nitrogens with zero attached hydrogens (tertiary/aromatic N) is 2. The number of hydrogen-bond donors (Lipinski definition) is 0. The number of hydrogen-bond acceptors (Lipinski definition) is 2. The van der Waals surface area contributed by atoms with Gasteiger partial charge in [0, 0.05) is 17.0 Å². The van der Waals surface area contributed by atoms with Crippen LogP contribution in [-0.2, 0) is 10.8 Å². The maximum atomic E-state index is 13.1. The van der Waals surface area contributed by atoms with E-state index in [9.17, 15) is 4.21 Å². The number of benzene rings is 2. The van der Waals surface area contributed by atoms with Gasteiger partial charge in [-0.05, 0) is 41.8 Å². The highest BCUT2D eigenvalue weighted by molar-refractivity contribution is 7.85. The van der Waals surface area contributed by atoms with Crippen LogP contribution in [0.25, 0.3) is 27.6 Å². The van der Waals surface area contributed by atoms with Gasteiger partial charge < -0.3 is 0 Å². The predicted octanol–water partition coefficient (Wildman–Crippen LogP) is 4.78. The van der Waals surface area contributed by atoms with Crippen LogP contribution in [0.5, 0.6) is 0 Å². The predicted molar refractivity (Wildman–Crippen MR) is 97.3 cm³/mol. The van der Waals surface area contributed by atoms with Gasteiger partial charge in [-0.3, -0.25) is 4.57 Å². The molecule has 24 heavy (non-hydrogen) atoms. The molecule has 1 aliphatic rings. The van der Waals surface area contributed by atoms with Crippen LogP contribution in [0, 0.1) is 0 Å². The summed E-state index contributed by atoms with van der Waals surface area (Å²) < 4.78 is 15.3. The Morgan fingerprint density at radius 1 is 1.00 bits per heavy atom. The van der Waals surface area contributed by atoms with Crippen LogP contribution in [0.4, 0.5) is 0 Å². The van der Waals surface area contributed by atoms with Gasteiger partial charge in [-0.2, -0.15) is 0 Å². The van der Waals surface area contributed by atoms with Gasteiger partial charge in [-0.15, -0.1) is 0 Å². The zero-order valence-corrected chi connectivity index (χ0v) is 14.3. The number of aromatic nitrogens is 2. The highest BCUT2D eigenvalue weighted by atomic mass is 32.2. The van der Waals surface area contributed by atoms with E-state index in [1.165, 1.54) is 5.56 Å². The van der Waals surface area contributed by atoms with E-state index in [2.05, 4.69) is 47.7 Å². The molecule has 0 N–H and O–H groups in total. The molecule has 3 heterocycles. The summed E-state index contributed by atoms with van der Waals surface area (Å²) in [5, 5.41) is 2.22. The van der Waals surface area contributed by atoms with Crippen LogP contribution >= 0.6 is 0 Å². The second-order valence-electron chi connectivity index (χ2n) is 6.51. The monoisotopic (exact) mass is 332 g/mol. The first-order valence-corrected chi connectivity index (χ1v) is 9.26. The molecule has 4 aromatic rings. The number of rotatable bonds is 1. The van der Waals surface area contributed by atoms with Crippen LogP contribution in [0.1, 0.15) is 25.3 Å². The van der Waals surface area contributed by atoms with E-state index in [-0.39, 0.29) is 0 Å². The van der Waals surface area contributed by atoms with Gasteiger partial charge in [-0.1, -0.05) is 32.0 Å². The molecule has 0 saturated heterocycles. The van der Waals surface area contributed by atoms with Crippen LogP contribution < -0.4 is 0 Å². The lowest BCUT2D eigenvalue weighted by molar-refractivity contribution is 0.681. The molecule has 1 aliphatic heterocycles. The Hall–Kier alpha value is -2.46. The summed E-state index contributed by atoms with van der Waals surface area (Å²) in [6.45, 7) is 4.36. The van der Waals surface area contributed by atoms with Crippen LogP contribution in [0.15, 0.2) is 64.5 Å². The van der Waals surface area contributed by atoms with E-state index in [1.54, 1.807) is 0 Å². The van der Waals surface area contributed by atoms with Gasteiger partial charge in [0.15, 0.2) is 0 Å². The van der Waals surface area contributed by atoms with Gasteiger partial charge in [0.05, 0.1) is 31.8 Å². The van der Waals surface area contributed by atoms with Gasteiger partial charge >= 0.3 is 0 Å². The molecule has 4 heteroatoms. The maximum Gasteiger partial charge on any atom is 0.145 e. The standard InChI is InChI=1S/C20H16N2OS/c1-12(2)13-8-9-17-16(11-13)22-19-14(5-3-7-18(19)24(17)23)15-6-4-10-21-20(15)22/h3-12H,1-2H3. The summed E-state index contributed by atoms with van der Waals surface area (Å²) >= 11 is 0. The van der Waals surface area contributed by atoms with Crippen molar-refractivity contribution >= 4 is 32.7 Å². The third-order valence-electron chi connectivity index (χ3n) is 4.80. The molecule has 0 radical (unpaired) electrons. The lowest BCUT2D eigenvalue weighted by Gasteiger charge is -2.21. The minimum Gasteiger partial charge on any atom is -0.291 e. The van der Waals surface area contributed by atoms with E-state index in [1.807, 2.05) is 30.5 Å². The Labute approximate surface area is 142 Å². The van der Waals surface area contributed by atoms with E-state index >= 15 is 0 Å². The Morgan fingerprint density at radius 2 is 1.83 bits per heavy atom. The van der Waals surface area contributed by atoms with Crippen LogP contribution in [-0.4, -0.2) is 13.8 Å². The summed E-state index contributed by atoms with van der Waals surface area (Å²) in [5.74, 6) is 0.422. The lowest BCUT2D eigenvalue weighted by atomic mass is 10.0. The van der Waals surface area contributed by atoms with Crippen LogP contribution in [0.3, 0.4) is 0 Å². The zero-order valence-electron chi connectivity index (χ0n) is 13.5. The molecule has 118 valence electrons. The van der Waals surface area contributed by atoms with Gasteiger partial charge in [0.1, 0.15) is 5.65 Å². The highest BCUT2D eigenvalue weighted by Crippen LogP contribution is 2.41. The van der Waals surface area contributed by atoms with Gasteiger partial charge in [0.25, 0.3) is 0 Å². The quantitative estimate of drug-likeness (QED) is 0.443. The fourth-order valence-electron chi connectivity index (χ4n) is 3.59. The van der Waals surface area contributed by atoms with Gasteiger partial charge in [0.2, 0.25) is 0 Å². The van der Waals surface area contributed by atoms with Crippen molar-refractivity contribution in [2.24, 2.45) is 0 Å². The summed E-state index contributed by atoms with van der Waals surface area (Å²) in [5.41, 5.74) is 4.20. The Morgan fingerprint density at radius 3 is 2.67 bits per heavy atom. The van der Waals surface area contributed by atoms with Crippen molar-refractivity contribution in [1.29, 1.82) is 0 Å². The average molecular weight is 332 g/mol. The van der Waals surface area contributed by atoms with Crippen molar-refractivity contribution in [3.05, 3.63) is 60.3 Å². The molecule has 1 atom stereocenters. The summed E-state index contributed by atoms with van der Waals surface area (Å²) in [4.78, 5) is 6.36. The first-order chi connectivity index (χ1) is 11.7. The topological polar surface area (TPSA) is 34.9 Å². The molecule has 2 aromatic carbocycles. The zero-order chi connectivity index (χ0) is 16.4. The van der Waals surface area contributed by atoms with Crippen molar-refractivity contribution in [2.45, 2.75) is 29.6 Å². The average Bonchev–Trinajstić information content (AvgIpc) is 2.95. The smallest absolute Gasteiger partial charge is 0.145 e. The number of fused-ring (bicyclic) bond motifs is 5. The molecular weight excluding hydrogens is 316 g/mol. The SMILES string of the molecule is CC(C)c1ccc2c(c1)-n1c3ncccc3c3cccc(c31)S2=O. The van der Waals surface area contributed by atoms with Crippen molar-refractivity contribution in [3.63, 3.8) is 0 Å². The first kappa shape index (κ1) is 13.9. The van der Waals surface area contributed by atoms with E-state index in [0.29, 0.717) is 5.92 Å². The number of para-hydroxylation sites is 1. The lowest BCUT2D eigenvalue weighted by Crippen LogP contribution is -2.10. The molecule has 0 bridgehead atoms. The minimum absolute atomic E-state index is 0.422. The summed E-state index contributed by atoms with van der Waals surface area (Å²) in [6, 6.07) is 16.4. The van der Waals surface area contributed by atoms with Crippen LogP contribution in [0.2, 0.25) is 0 Å². The second-order valence-corrected chi connectivity index (χ2v) is 7.93. The summed E-state index contributed by atoms with van der Waals surface area (Å²) in [6.07, 6.45) is 1.82. The molecule has 2 aromatic heterocycles. The minimum atomic E-state index is -1.16. The summed E-state index contributed by atoms with van der Waals surface area (Å²) in [7, 11) is -1.16. The van der Waals surface area contributed by atoms with E-state index < -0.39 is 10.8 Å². The Bertz CT molecular complexity index is 1160. The normalized spacial score (nSPS) is 16.0. The Kier molecular flexibility index (Phi) is 2.77. The molecule has 1 unspecified atom stereocenters. The maximum absolute atomic E-state index is 13.1. The van der Waals surface area contributed by atoms with Crippen molar-refractivity contribution in [3.8, 4) is 5.69 Å². The third-order valence-corrected chi connectivity index (χ3v) is 6.27. The van der Waals surface area contributed by atoms with Crippen molar-refractivity contribution in [2.75, 3.05) is 0 Å². The highest BCUT2D eigenvalue weighted by Gasteiger charge is 2.27. The van der Waals surface area contributed by atoms with E-state index in [0.717, 1.165) is 37.4 Å². The fraction of sp³-hybridized carbons (Fsp3) is 0.150. The first-order valence-electron chi connectivity index (χ1n) is 8.11. The van der Waals surface area contributed by atoms with Crippen molar-refractivity contribution in [1.82, 2.24) is 9.55 Å². The molecule has 0 aliphatic carbocycles. The second kappa shape index (κ2) is 4.77. The molecule has 0 saturated carbocycles. The molecule has 0 amide bonds. The largest absolute Gasteiger partial charge is 0.291 e. The molecule has 5 rings (SSSR count). The number of pyridine rings is 1. The Balaban J connectivity index is 2.03. The van der Waals surface area contributed by atoms with E-state index in [4.69, 9.17) is 0 Å². The molecular formula is C20H16N2OS. The molecule has 3 nitrogen and oxygen atoms in total. The molecule has 0 fully saturated rings. The van der Waals surface area contributed by atoms with Gasteiger partial charge in [-0.25, -0.2) is 9.19 Å². The molecule has 0 spiro atoms. The van der Waals surface area contributed by atoms with Crippen molar-refractivity contribution < 1.29 is 4.21 Å². The third kappa shape index (κ3) is 1.66.